The second-order valence-electron chi connectivity index (χ2n) is 18.4. The summed E-state index contributed by atoms with van der Waals surface area (Å²) >= 11 is 12.1. The van der Waals surface area contributed by atoms with Gasteiger partial charge in [-0.1, -0.05) is 47.5 Å². The van der Waals surface area contributed by atoms with E-state index in [4.69, 9.17) is 53.6 Å². The zero-order chi connectivity index (χ0) is 44.0. The molecule has 2 saturated heterocycles. The van der Waals surface area contributed by atoms with Gasteiger partial charge in [-0.25, -0.2) is 14.8 Å². The zero-order valence-electron chi connectivity index (χ0n) is 35.9. The lowest BCUT2D eigenvalue weighted by molar-refractivity contribution is 0.0523. The number of piperidine rings is 2. The van der Waals surface area contributed by atoms with Crippen molar-refractivity contribution in [2.24, 2.45) is 5.73 Å². The van der Waals surface area contributed by atoms with E-state index in [0.29, 0.717) is 46.4 Å². The van der Waals surface area contributed by atoms with Crippen molar-refractivity contribution in [3.8, 4) is 0 Å². The SMILES string of the molecule is CC(C)(C)OC(=O)N[C@@H]1CC1Nc1nc(N2CCC(c3ccc(Cl)cc3)CC2)nc2c1S(=O)CC2.N[C@@H]1CC1Nc1nc(N2CCC(c3ccc(Cl)cc3)CC2)nc2c1S(=O)CC2. The van der Waals surface area contributed by atoms with Crippen LogP contribution >= 0.6 is 23.2 Å². The van der Waals surface area contributed by atoms with Gasteiger partial charge in [-0.15, -0.1) is 0 Å². The number of carbonyl (C=O) groups excluding carboxylic acids is 1. The molecule has 4 fully saturated rings. The summed E-state index contributed by atoms with van der Waals surface area (Å²) in [5.74, 6) is 5.06. The number of rotatable bonds is 9. The van der Waals surface area contributed by atoms with Crippen molar-refractivity contribution in [1.82, 2.24) is 25.3 Å². The van der Waals surface area contributed by atoms with Gasteiger partial charge >= 0.3 is 6.09 Å². The van der Waals surface area contributed by atoms with E-state index in [0.717, 1.165) is 109 Å². The van der Waals surface area contributed by atoms with Crippen LogP contribution in [0.2, 0.25) is 10.0 Å². The van der Waals surface area contributed by atoms with Crippen LogP contribution in [0, 0.1) is 0 Å². The summed E-state index contributed by atoms with van der Waals surface area (Å²) in [6, 6.07) is 16.7. The minimum atomic E-state index is -1.11. The molecule has 2 aromatic heterocycles. The standard InChI is InChI=1S/C25H32ClN5O3S.C20H24ClN5OS/c1-25(2,3)34-24(32)29-20-14-19(20)27-22-21-18(10-13-35(21)33)28-23(30-22)31-11-8-16(9-12-31)15-4-6-17(26)7-5-15;21-14-3-1-12(2-4-14)13-5-8-26(9-6-13)20-24-16-7-10-28(27)18(16)19(25-20)23-17-11-15(17)22/h4-7,16,19-20H,8-14H2,1-3H3,(H,29,32)(H,27,28,30);1-4,13,15,17H,5-11,22H2,(H,23,24,25)/t19?,20-,35?;15-,17?,28?/m11/s1. The molecular formula is C45H56Cl2N10O4S2. The fraction of sp³-hybridized carbons (Fsp3) is 0.533. The number of benzene rings is 2. The number of hydrogen-bond donors (Lipinski definition) is 4. The van der Waals surface area contributed by atoms with E-state index >= 15 is 0 Å². The minimum absolute atomic E-state index is 0.0302. The molecule has 10 rings (SSSR count). The molecule has 0 bridgehead atoms. The largest absolute Gasteiger partial charge is 0.444 e. The van der Waals surface area contributed by atoms with Crippen LogP contribution in [0.1, 0.15) is 93.6 Å². The molecule has 2 aliphatic carbocycles. The predicted molar refractivity (Wildman–Crippen MR) is 250 cm³/mol. The third-order valence-electron chi connectivity index (χ3n) is 12.6. The number of alkyl carbamates (subject to hydrolysis) is 1. The number of aromatic nitrogens is 4. The fourth-order valence-electron chi connectivity index (χ4n) is 8.85. The number of fused-ring (bicyclic) bond motifs is 2. The molecule has 6 aliphatic rings. The summed E-state index contributed by atoms with van der Waals surface area (Å²) in [6.07, 6.45) is 6.88. The third-order valence-corrected chi connectivity index (χ3v) is 16.0. The van der Waals surface area contributed by atoms with Gasteiger partial charge in [-0.05, 0) is 107 Å². The van der Waals surface area contributed by atoms with Gasteiger partial charge < -0.3 is 36.2 Å². The van der Waals surface area contributed by atoms with Gasteiger partial charge in [0.1, 0.15) is 27.0 Å². The Labute approximate surface area is 384 Å². The van der Waals surface area contributed by atoms with E-state index in [-0.39, 0.29) is 24.2 Å². The van der Waals surface area contributed by atoms with Crippen LogP contribution in [0.4, 0.5) is 28.3 Å². The monoisotopic (exact) mass is 934 g/mol. The van der Waals surface area contributed by atoms with Crippen LogP contribution in [0.5, 0.6) is 0 Å². The summed E-state index contributed by atoms with van der Waals surface area (Å²) in [5, 5.41) is 11.3. The highest BCUT2D eigenvalue weighted by atomic mass is 35.5. The Kier molecular flexibility index (Phi) is 12.9. The second kappa shape index (κ2) is 18.4. The van der Waals surface area contributed by atoms with Gasteiger partial charge in [-0.2, -0.15) is 9.97 Å². The molecule has 14 nitrogen and oxygen atoms in total. The van der Waals surface area contributed by atoms with Gasteiger partial charge in [0.2, 0.25) is 11.9 Å². The second-order valence-corrected chi connectivity index (χ2v) is 22.3. The number of nitrogens with two attached hydrogens (primary N) is 1. The first-order valence-corrected chi connectivity index (χ1v) is 25.5. The highest BCUT2D eigenvalue weighted by Crippen LogP contribution is 2.38. The summed E-state index contributed by atoms with van der Waals surface area (Å²) in [6.45, 7) is 9.08. The average molecular weight is 936 g/mol. The number of nitrogens with zero attached hydrogens (tertiary/aromatic N) is 6. The molecule has 2 saturated carbocycles. The molecular weight excluding hydrogens is 880 g/mol. The number of anilines is 4. The van der Waals surface area contributed by atoms with E-state index in [1.807, 2.05) is 45.0 Å². The lowest BCUT2D eigenvalue weighted by atomic mass is 9.89. The Bertz CT molecular complexity index is 2370. The maximum absolute atomic E-state index is 12.7. The maximum Gasteiger partial charge on any atom is 0.407 e. The number of nitrogens with one attached hydrogen (secondary N) is 3. The summed E-state index contributed by atoms with van der Waals surface area (Å²) in [4.78, 5) is 37.3. The van der Waals surface area contributed by atoms with Gasteiger partial charge in [-0.3, -0.25) is 8.42 Å². The molecule has 18 heteroatoms. The van der Waals surface area contributed by atoms with Crippen LogP contribution < -0.4 is 31.5 Å². The van der Waals surface area contributed by atoms with E-state index in [9.17, 15) is 13.2 Å². The van der Waals surface area contributed by atoms with Gasteiger partial charge in [0.25, 0.3) is 0 Å². The van der Waals surface area contributed by atoms with E-state index in [2.05, 4.69) is 50.0 Å². The normalized spacial score (nSPS) is 25.4. The molecule has 0 radical (unpaired) electrons. The first kappa shape index (κ1) is 44.1. The molecule has 336 valence electrons. The summed E-state index contributed by atoms with van der Waals surface area (Å²) in [7, 11) is -2.12. The molecule has 5 N–H and O–H groups in total. The number of halogens is 2. The third kappa shape index (κ3) is 10.6. The van der Waals surface area contributed by atoms with E-state index in [1.165, 1.54) is 11.1 Å². The molecule has 4 unspecified atom stereocenters. The first-order valence-electron chi connectivity index (χ1n) is 22.1. The number of carbonyl (C=O) groups is 1. The lowest BCUT2D eigenvalue weighted by Gasteiger charge is -2.32. The Morgan fingerprint density at radius 1 is 0.683 bits per heavy atom. The smallest absolute Gasteiger partial charge is 0.407 e. The van der Waals surface area contributed by atoms with Crippen LogP contribution in [-0.4, -0.2) is 102 Å². The Morgan fingerprint density at radius 3 is 1.52 bits per heavy atom. The van der Waals surface area contributed by atoms with Crippen molar-refractivity contribution in [2.75, 3.05) is 58.1 Å². The molecule has 6 heterocycles. The Morgan fingerprint density at radius 2 is 1.11 bits per heavy atom. The van der Waals surface area contributed by atoms with Crippen molar-refractivity contribution in [1.29, 1.82) is 0 Å². The Hall–Kier alpha value is -4.09. The predicted octanol–water partition coefficient (Wildman–Crippen LogP) is 6.94. The quantitative estimate of drug-likeness (QED) is 0.136. The molecule has 6 atom stereocenters. The van der Waals surface area contributed by atoms with E-state index < -0.39 is 33.3 Å². The lowest BCUT2D eigenvalue weighted by Crippen LogP contribution is -2.36. The van der Waals surface area contributed by atoms with Crippen molar-refractivity contribution < 1.29 is 17.9 Å². The topological polar surface area (TPSA) is 181 Å². The highest BCUT2D eigenvalue weighted by Gasteiger charge is 2.42. The van der Waals surface area contributed by atoms with Crippen molar-refractivity contribution in [2.45, 2.75) is 124 Å². The van der Waals surface area contributed by atoms with Crippen LogP contribution in [0.3, 0.4) is 0 Å². The molecule has 0 spiro atoms. The van der Waals surface area contributed by atoms with Crippen molar-refractivity contribution >= 4 is 74.4 Å². The van der Waals surface area contributed by atoms with Crippen molar-refractivity contribution in [3.05, 3.63) is 81.1 Å². The number of hydrogen-bond acceptors (Lipinski definition) is 13. The number of amides is 1. The van der Waals surface area contributed by atoms with Crippen LogP contribution in [0.25, 0.3) is 0 Å². The summed E-state index contributed by atoms with van der Waals surface area (Å²) in [5.41, 5.74) is 9.88. The highest BCUT2D eigenvalue weighted by molar-refractivity contribution is 7.85. The minimum Gasteiger partial charge on any atom is -0.444 e. The van der Waals surface area contributed by atoms with Crippen LogP contribution in [-0.2, 0) is 39.2 Å². The molecule has 4 aromatic rings. The van der Waals surface area contributed by atoms with Gasteiger partial charge in [0.15, 0.2) is 0 Å². The first-order chi connectivity index (χ1) is 30.2. The Balaban J connectivity index is 0.000000164. The zero-order valence-corrected chi connectivity index (χ0v) is 39.1. The molecule has 1 amide bonds. The van der Waals surface area contributed by atoms with Crippen LogP contribution in [0.15, 0.2) is 58.3 Å². The number of ether oxygens (including phenoxy) is 1. The number of aryl methyl sites for hydroxylation is 2. The van der Waals surface area contributed by atoms with Crippen molar-refractivity contribution in [3.63, 3.8) is 0 Å². The van der Waals surface area contributed by atoms with Gasteiger partial charge in [0, 0.05) is 72.7 Å². The molecule has 4 aliphatic heterocycles. The molecule has 2 aromatic carbocycles. The van der Waals surface area contributed by atoms with E-state index in [1.54, 1.807) is 0 Å². The fourth-order valence-corrected chi connectivity index (χ4v) is 11.7. The van der Waals surface area contributed by atoms with Gasteiger partial charge in [0.05, 0.1) is 45.1 Å². The average Bonchev–Trinajstić information content (AvgIpc) is 4.07. The summed E-state index contributed by atoms with van der Waals surface area (Å²) < 4.78 is 30.5. The maximum atomic E-state index is 12.7. The molecule has 63 heavy (non-hydrogen) atoms.